The van der Waals surface area contributed by atoms with Gasteiger partial charge in [0.15, 0.2) is 0 Å². The molecular weight excluding hydrogens is 278 g/mol. The fourth-order valence-electron chi connectivity index (χ4n) is 2.08. The van der Waals surface area contributed by atoms with Crippen molar-refractivity contribution in [1.82, 2.24) is 15.1 Å². The molecule has 0 aliphatic rings. The van der Waals surface area contributed by atoms with Gasteiger partial charge < -0.3 is 11.1 Å². The first kappa shape index (κ1) is 15.0. The first-order chi connectivity index (χ1) is 9.81. The second-order valence-electron chi connectivity index (χ2n) is 4.81. The first-order valence-corrected chi connectivity index (χ1v) is 6.33. The highest BCUT2D eigenvalue weighted by atomic mass is 19.1. The van der Waals surface area contributed by atoms with Gasteiger partial charge in [0.2, 0.25) is 0 Å². The van der Waals surface area contributed by atoms with E-state index in [9.17, 15) is 13.6 Å². The predicted octanol–water partition coefficient (Wildman–Crippen LogP) is 1.83. The van der Waals surface area contributed by atoms with E-state index in [1.54, 1.807) is 11.7 Å². The lowest BCUT2D eigenvalue weighted by Crippen LogP contribution is -2.24. The molecule has 0 aliphatic heterocycles. The maximum Gasteiger partial charge on any atom is 0.254 e. The number of aromatic nitrogens is 2. The van der Waals surface area contributed by atoms with E-state index in [1.807, 2.05) is 13.8 Å². The number of rotatable bonds is 3. The number of halogens is 2. The smallest absolute Gasteiger partial charge is 0.254 e. The zero-order chi connectivity index (χ0) is 15.7. The molecule has 5 nitrogen and oxygen atoms in total. The Morgan fingerprint density at radius 3 is 2.57 bits per heavy atom. The summed E-state index contributed by atoms with van der Waals surface area (Å²) < 4.78 is 28.4. The summed E-state index contributed by atoms with van der Waals surface area (Å²) in [5.41, 5.74) is 7.36. The van der Waals surface area contributed by atoms with E-state index >= 15 is 0 Å². The van der Waals surface area contributed by atoms with Gasteiger partial charge in [-0.1, -0.05) is 0 Å². The molecular formula is C14H16F2N4O. The van der Waals surface area contributed by atoms with Gasteiger partial charge in [0, 0.05) is 30.9 Å². The van der Waals surface area contributed by atoms with Crippen LogP contribution < -0.4 is 11.1 Å². The Balaban J connectivity index is 2.17. The number of nitrogen functional groups attached to an aromatic ring is 1. The number of amides is 1. The van der Waals surface area contributed by atoms with Crippen LogP contribution in [0.15, 0.2) is 12.1 Å². The molecule has 0 spiro atoms. The number of benzene rings is 1. The molecule has 0 saturated heterocycles. The van der Waals surface area contributed by atoms with Crippen LogP contribution in [0.1, 0.15) is 27.3 Å². The van der Waals surface area contributed by atoms with Gasteiger partial charge in [0.1, 0.15) is 11.6 Å². The van der Waals surface area contributed by atoms with E-state index in [2.05, 4.69) is 10.4 Å². The average Bonchev–Trinajstić information content (AvgIpc) is 2.65. The second-order valence-corrected chi connectivity index (χ2v) is 4.81. The van der Waals surface area contributed by atoms with Gasteiger partial charge in [-0.3, -0.25) is 9.48 Å². The molecule has 3 N–H and O–H groups in total. The second kappa shape index (κ2) is 5.51. The molecule has 2 rings (SSSR count). The highest BCUT2D eigenvalue weighted by molar-refractivity contribution is 5.95. The highest BCUT2D eigenvalue weighted by Crippen LogP contribution is 2.17. The Morgan fingerprint density at radius 2 is 2.00 bits per heavy atom. The summed E-state index contributed by atoms with van der Waals surface area (Å²) in [6.45, 7) is 3.91. The van der Waals surface area contributed by atoms with Crippen molar-refractivity contribution in [3.05, 3.63) is 46.3 Å². The minimum absolute atomic E-state index is 0.209. The Kier molecular flexibility index (Phi) is 3.93. The van der Waals surface area contributed by atoms with Crippen LogP contribution in [0.4, 0.5) is 14.5 Å². The van der Waals surface area contributed by atoms with Crippen LogP contribution in [0.25, 0.3) is 0 Å². The molecule has 0 atom stereocenters. The van der Waals surface area contributed by atoms with Crippen LogP contribution in [0.5, 0.6) is 0 Å². The average molecular weight is 294 g/mol. The van der Waals surface area contributed by atoms with Crippen molar-refractivity contribution in [3.63, 3.8) is 0 Å². The maximum atomic E-state index is 13.6. The lowest BCUT2D eigenvalue weighted by atomic mass is 10.1. The fourth-order valence-corrected chi connectivity index (χ4v) is 2.08. The molecule has 1 aromatic carbocycles. The monoisotopic (exact) mass is 294 g/mol. The minimum Gasteiger partial charge on any atom is -0.396 e. The van der Waals surface area contributed by atoms with Crippen molar-refractivity contribution >= 4 is 11.6 Å². The van der Waals surface area contributed by atoms with Gasteiger partial charge in [-0.15, -0.1) is 0 Å². The van der Waals surface area contributed by atoms with E-state index in [-0.39, 0.29) is 17.8 Å². The normalized spacial score (nSPS) is 10.7. The Morgan fingerprint density at radius 1 is 1.33 bits per heavy atom. The standard InChI is InChI=1S/C14H16F2N4O/c1-7-10(8(2)20(3)19-7)6-18-14(21)9-4-13(17)12(16)5-11(9)15/h4-5H,6,17H2,1-3H3,(H,18,21). The SMILES string of the molecule is Cc1nn(C)c(C)c1CNC(=O)c1cc(N)c(F)cc1F. The number of carbonyl (C=O) groups excluding carboxylic acids is 1. The molecule has 112 valence electrons. The summed E-state index contributed by atoms with van der Waals surface area (Å²) in [6, 6.07) is 1.59. The number of anilines is 1. The summed E-state index contributed by atoms with van der Waals surface area (Å²) in [5.74, 6) is -2.48. The topological polar surface area (TPSA) is 72.9 Å². The molecule has 2 aromatic rings. The predicted molar refractivity (Wildman–Crippen MR) is 74.6 cm³/mol. The molecule has 0 aliphatic carbocycles. The lowest BCUT2D eigenvalue weighted by Gasteiger charge is -2.08. The number of hydrogen-bond donors (Lipinski definition) is 2. The third-order valence-corrected chi connectivity index (χ3v) is 3.42. The van der Waals surface area contributed by atoms with E-state index in [1.165, 1.54) is 0 Å². The summed E-state index contributed by atoms with van der Waals surface area (Å²) in [7, 11) is 1.80. The number of nitrogens with zero attached hydrogens (tertiary/aromatic N) is 2. The summed E-state index contributed by atoms with van der Waals surface area (Å²) >= 11 is 0. The molecule has 0 unspecified atom stereocenters. The third kappa shape index (κ3) is 2.86. The van der Waals surface area contributed by atoms with Crippen molar-refractivity contribution < 1.29 is 13.6 Å². The largest absolute Gasteiger partial charge is 0.396 e. The number of nitrogens with two attached hydrogens (primary N) is 1. The molecule has 1 aromatic heterocycles. The number of hydrogen-bond acceptors (Lipinski definition) is 3. The molecule has 0 bridgehead atoms. The molecule has 7 heteroatoms. The number of aryl methyl sites for hydroxylation is 2. The van der Waals surface area contributed by atoms with E-state index in [0.717, 1.165) is 23.0 Å². The van der Waals surface area contributed by atoms with Crippen LogP contribution in [-0.2, 0) is 13.6 Å². The van der Waals surface area contributed by atoms with Crippen LogP contribution >= 0.6 is 0 Å². The summed E-state index contributed by atoms with van der Waals surface area (Å²) in [5, 5.41) is 6.81. The van der Waals surface area contributed by atoms with Crippen molar-refractivity contribution in [2.75, 3.05) is 5.73 Å². The first-order valence-electron chi connectivity index (χ1n) is 6.33. The molecule has 21 heavy (non-hydrogen) atoms. The van der Waals surface area contributed by atoms with Gasteiger partial charge in [-0.2, -0.15) is 5.10 Å². The summed E-state index contributed by atoms with van der Waals surface area (Å²) in [6.07, 6.45) is 0. The van der Waals surface area contributed by atoms with Gasteiger partial charge >= 0.3 is 0 Å². The fraction of sp³-hybridized carbons (Fsp3) is 0.286. The van der Waals surface area contributed by atoms with Crippen LogP contribution in [0.2, 0.25) is 0 Å². The van der Waals surface area contributed by atoms with Crippen LogP contribution in [-0.4, -0.2) is 15.7 Å². The van der Waals surface area contributed by atoms with E-state index in [0.29, 0.717) is 6.07 Å². The third-order valence-electron chi connectivity index (χ3n) is 3.42. The van der Waals surface area contributed by atoms with Crippen molar-refractivity contribution in [3.8, 4) is 0 Å². The molecule has 1 amide bonds. The van der Waals surface area contributed by atoms with Crippen molar-refractivity contribution in [1.29, 1.82) is 0 Å². The van der Waals surface area contributed by atoms with Crippen molar-refractivity contribution in [2.24, 2.45) is 7.05 Å². The maximum absolute atomic E-state index is 13.6. The summed E-state index contributed by atoms with van der Waals surface area (Å²) in [4.78, 5) is 12.0. The van der Waals surface area contributed by atoms with Crippen molar-refractivity contribution in [2.45, 2.75) is 20.4 Å². The van der Waals surface area contributed by atoms with E-state index in [4.69, 9.17) is 5.73 Å². The van der Waals surface area contributed by atoms with E-state index < -0.39 is 17.5 Å². The highest BCUT2D eigenvalue weighted by Gasteiger charge is 2.16. The number of nitrogens with one attached hydrogen (secondary N) is 1. The van der Waals surface area contributed by atoms with Gasteiger partial charge in [0.05, 0.1) is 16.9 Å². The minimum atomic E-state index is -0.946. The molecule has 1 heterocycles. The Labute approximate surface area is 120 Å². The lowest BCUT2D eigenvalue weighted by molar-refractivity contribution is 0.0947. The molecule has 0 saturated carbocycles. The zero-order valence-corrected chi connectivity index (χ0v) is 12.0. The zero-order valence-electron chi connectivity index (χ0n) is 12.0. The Bertz CT molecular complexity index is 709. The van der Waals surface area contributed by atoms with Gasteiger partial charge in [-0.25, -0.2) is 8.78 Å². The van der Waals surface area contributed by atoms with Gasteiger partial charge in [-0.05, 0) is 19.9 Å². The molecule has 0 fully saturated rings. The van der Waals surface area contributed by atoms with Crippen LogP contribution in [0.3, 0.4) is 0 Å². The van der Waals surface area contributed by atoms with Crippen LogP contribution in [0, 0.1) is 25.5 Å². The quantitative estimate of drug-likeness (QED) is 0.848. The Hall–Kier alpha value is -2.44. The number of carbonyl (C=O) groups is 1. The molecule has 0 radical (unpaired) electrons. The van der Waals surface area contributed by atoms with Gasteiger partial charge in [0.25, 0.3) is 5.91 Å².